The number of nitrogens with one attached hydrogen (secondary N) is 1. The van der Waals surface area contributed by atoms with Crippen molar-refractivity contribution in [3.05, 3.63) is 59.7 Å². The van der Waals surface area contributed by atoms with Crippen molar-refractivity contribution in [3.63, 3.8) is 0 Å². The standard InChI is InChI=1S/C19H22N6O2/c1-27-18-4-3-14(9-17(18)26)12-24-7-8-25-16(13-24)10-15(23-25)11-22-19-20-5-2-6-21-19/h2-6,9-10,26H,7-8,11-13H2,1H3,(H,20,21,22). The van der Waals surface area contributed by atoms with Gasteiger partial charge in [0.15, 0.2) is 11.5 Å². The highest BCUT2D eigenvalue weighted by Crippen LogP contribution is 2.27. The lowest BCUT2D eigenvalue weighted by atomic mass is 10.1. The largest absolute Gasteiger partial charge is 0.504 e. The minimum absolute atomic E-state index is 0.175. The zero-order chi connectivity index (χ0) is 18.6. The maximum absolute atomic E-state index is 9.96. The van der Waals surface area contributed by atoms with Crippen LogP contribution in [0, 0.1) is 0 Å². The maximum atomic E-state index is 9.96. The zero-order valence-electron chi connectivity index (χ0n) is 15.2. The quantitative estimate of drug-likeness (QED) is 0.690. The number of nitrogens with zero attached hydrogens (tertiary/aromatic N) is 5. The van der Waals surface area contributed by atoms with E-state index in [9.17, 15) is 5.11 Å². The van der Waals surface area contributed by atoms with Crippen molar-refractivity contribution in [1.29, 1.82) is 0 Å². The summed E-state index contributed by atoms with van der Waals surface area (Å²) in [6, 6.07) is 9.46. The summed E-state index contributed by atoms with van der Waals surface area (Å²) in [5.41, 5.74) is 3.22. The molecule has 140 valence electrons. The molecule has 0 fully saturated rings. The Morgan fingerprint density at radius 3 is 2.81 bits per heavy atom. The van der Waals surface area contributed by atoms with Crippen molar-refractivity contribution in [2.45, 2.75) is 26.2 Å². The lowest BCUT2D eigenvalue weighted by Crippen LogP contribution is -2.33. The van der Waals surface area contributed by atoms with Crippen LogP contribution in [0.15, 0.2) is 42.7 Å². The Morgan fingerprint density at radius 2 is 2.04 bits per heavy atom. The van der Waals surface area contributed by atoms with Crippen LogP contribution < -0.4 is 10.1 Å². The fourth-order valence-electron chi connectivity index (χ4n) is 3.25. The number of benzene rings is 1. The second-order valence-electron chi connectivity index (χ2n) is 6.49. The van der Waals surface area contributed by atoms with E-state index in [0.717, 1.165) is 37.4 Å². The van der Waals surface area contributed by atoms with Gasteiger partial charge in [-0.25, -0.2) is 9.97 Å². The van der Waals surface area contributed by atoms with Gasteiger partial charge in [0.1, 0.15) is 0 Å². The maximum Gasteiger partial charge on any atom is 0.222 e. The molecule has 0 saturated heterocycles. The number of aromatic nitrogens is 4. The molecule has 0 aliphatic carbocycles. The number of phenolic OH excluding ortho intramolecular Hbond substituents is 1. The fourth-order valence-corrected chi connectivity index (χ4v) is 3.25. The van der Waals surface area contributed by atoms with Gasteiger partial charge in [-0.2, -0.15) is 5.10 Å². The highest BCUT2D eigenvalue weighted by atomic mass is 16.5. The second-order valence-corrected chi connectivity index (χ2v) is 6.49. The summed E-state index contributed by atoms with van der Waals surface area (Å²) in [7, 11) is 1.55. The Morgan fingerprint density at radius 1 is 1.19 bits per heavy atom. The van der Waals surface area contributed by atoms with Gasteiger partial charge in [-0.05, 0) is 29.8 Å². The van der Waals surface area contributed by atoms with E-state index in [0.29, 0.717) is 18.2 Å². The molecule has 0 spiro atoms. The molecule has 3 heterocycles. The third-order valence-corrected chi connectivity index (χ3v) is 4.57. The average Bonchev–Trinajstić information content (AvgIpc) is 3.10. The van der Waals surface area contributed by atoms with Gasteiger partial charge in [0.05, 0.1) is 31.6 Å². The van der Waals surface area contributed by atoms with Crippen LogP contribution in [0.4, 0.5) is 5.95 Å². The normalized spacial score (nSPS) is 14.0. The molecule has 1 aliphatic rings. The molecule has 1 aliphatic heterocycles. The number of ether oxygens (including phenoxy) is 1. The fraction of sp³-hybridized carbons (Fsp3) is 0.316. The number of hydrogen-bond donors (Lipinski definition) is 2. The van der Waals surface area contributed by atoms with Gasteiger partial charge in [-0.15, -0.1) is 0 Å². The SMILES string of the molecule is COc1ccc(CN2CCn3nc(CNc4ncccn4)cc3C2)cc1O. The van der Waals surface area contributed by atoms with Gasteiger partial charge in [0, 0.05) is 32.0 Å². The van der Waals surface area contributed by atoms with Gasteiger partial charge in [0.25, 0.3) is 0 Å². The first-order valence-electron chi connectivity index (χ1n) is 8.86. The highest BCUT2D eigenvalue weighted by molar-refractivity contribution is 5.41. The van der Waals surface area contributed by atoms with Crippen LogP contribution in [0.25, 0.3) is 0 Å². The molecule has 3 aromatic rings. The number of anilines is 1. The van der Waals surface area contributed by atoms with Crippen molar-refractivity contribution >= 4 is 5.95 Å². The number of phenols is 1. The molecular weight excluding hydrogens is 344 g/mol. The molecule has 0 saturated carbocycles. The van der Waals surface area contributed by atoms with Crippen LogP contribution in [-0.4, -0.2) is 43.4 Å². The number of fused-ring (bicyclic) bond motifs is 1. The first-order chi connectivity index (χ1) is 13.2. The summed E-state index contributed by atoms with van der Waals surface area (Å²) in [6.45, 7) is 3.95. The summed E-state index contributed by atoms with van der Waals surface area (Å²) >= 11 is 0. The van der Waals surface area contributed by atoms with Crippen molar-refractivity contribution in [2.75, 3.05) is 19.0 Å². The van der Waals surface area contributed by atoms with E-state index in [2.05, 4.69) is 36.0 Å². The van der Waals surface area contributed by atoms with Crippen molar-refractivity contribution in [3.8, 4) is 11.5 Å². The van der Waals surface area contributed by atoms with E-state index in [4.69, 9.17) is 4.74 Å². The lowest BCUT2D eigenvalue weighted by molar-refractivity contribution is 0.205. The number of rotatable bonds is 6. The lowest BCUT2D eigenvalue weighted by Gasteiger charge is -2.27. The Hall–Kier alpha value is -3.13. The zero-order valence-corrected chi connectivity index (χ0v) is 15.2. The molecule has 0 bridgehead atoms. The van der Waals surface area contributed by atoms with Gasteiger partial charge in [-0.1, -0.05) is 6.07 Å². The number of aromatic hydroxyl groups is 1. The van der Waals surface area contributed by atoms with Crippen LogP contribution in [0.1, 0.15) is 17.0 Å². The molecule has 8 nitrogen and oxygen atoms in total. The number of methoxy groups -OCH3 is 1. The Balaban J connectivity index is 1.38. The topological polar surface area (TPSA) is 88.3 Å². The molecule has 8 heteroatoms. The van der Waals surface area contributed by atoms with Gasteiger partial charge < -0.3 is 15.2 Å². The summed E-state index contributed by atoms with van der Waals surface area (Å²) in [5.74, 6) is 1.27. The van der Waals surface area contributed by atoms with Crippen LogP contribution in [0.5, 0.6) is 11.5 Å². The molecular formula is C19H22N6O2. The van der Waals surface area contributed by atoms with E-state index >= 15 is 0 Å². The molecule has 2 aromatic heterocycles. The van der Waals surface area contributed by atoms with Crippen LogP contribution in [0.3, 0.4) is 0 Å². The molecule has 1 aromatic carbocycles. The Labute approximate surface area is 157 Å². The van der Waals surface area contributed by atoms with Gasteiger partial charge >= 0.3 is 0 Å². The van der Waals surface area contributed by atoms with Crippen molar-refractivity contribution in [1.82, 2.24) is 24.6 Å². The van der Waals surface area contributed by atoms with Crippen LogP contribution in [-0.2, 0) is 26.2 Å². The van der Waals surface area contributed by atoms with Gasteiger partial charge in [0.2, 0.25) is 5.95 Å². The van der Waals surface area contributed by atoms with E-state index < -0.39 is 0 Å². The molecule has 2 N–H and O–H groups in total. The molecule has 0 radical (unpaired) electrons. The molecule has 4 rings (SSSR count). The minimum atomic E-state index is 0.175. The van der Waals surface area contributed by atoms with Crippen molar-refractivity contribution < 1.29 is 9.84 Å². The van der Waals surface area contributed by atoms with Gasteiger partial charge in [-0.3, -0.25) is 9.58 Å². The van der Waals surface area contributed by atoms with E-state index in [1.807, 2.05) is 6.07 Å². The molecule has 0 unspecified atom stereocenters. The van der Waals surface area contributed by atoms with E-state index in [1.54, 1.807) is 37.7 Å². The Bertz CT molecular complexity index is 912. The van der Waals surface area contributed by atoms with Crippen LogP contribution in [0.2, 0.25) is 0 Å². The Kier molecular flexibility index (Phi) is 4.88. The predicted molar refractivity (Wildman–Crippen MR) is 100 cm³/mol. The predicted octanol–water partition coefficient (Wildman–Crippen LogP) is 2.02. The summed E-state index contributed by atoms with van der Waals surface area (Å²) in [4.78, 5) is 10.7. The summed E-state index contributed by atoms with van der Waals surface area (Å²) in [5, 5.41) is 17.8. The highest BCUT2D eigenvalue weighted by Gasteiger charge is 2.19. The number of hydrogen-bond acceptors (Lipinski definition) is 7. The average molecular weight is 366 g/mol. The minimum Gasteiger partial charge on any atom is -0.504 e. The first-order valence-corrected chi connectivity index (χ1v) is 8.86. The third-order valence-electron chi connectivity index (χ3n) is 4.57. The first kappa shape index (κ1) is 17.3. The second kappa shape index (κ2) is 7.63. The third kappa shape index (κ3) is 4.01. The monoisotopic (exact) mass is 366 g/mol. The van der Waals surface area contributed by atoms with Crippen LogP contribution >= 0.6 is 0 Å². The smallest absolute Gasteiger partial charge is 0.222 e. The van der Waals surface area contributed by atoms with E-state index in [1.165, 1.54) is 5.69 Å². The molecule has 27 heavy (non-hydrogen) atoms. The molecule has 0 atom stereocenters. The molecule has 0 amide bonds. The summed E-state index contributed by atoms with van der Waals surface area (Å²) in [6.07, 6.45) is 3.42. The van der Waals surface area contributed by atoms with E-state index in [-0.39, 0.29) is 5.75 Å². The summed E-state index contributed by atoms with van der Waals surface area (Å²) < 4.78 is 7.16. The van der Waals surface area contributed by atoms with Crippen molar-refractivity contribution in [2.24, 2.45) is 0 Å².